The van der Waals surface area contributed by atoms with Crippen LogP contribution in [-0.4, -0.2) is 75.2 Å². The Morgan fingerprint density at radius 2 is 1.48 bits per heavy atom. The van der Waals surface area contributed by atoms with Gasteiger partial charge in [-0.25, -0.2) is 4.79 Å². The van der Waals surface area contributed by atoms with E-state index in [-0.39, 0.29) is 25.7 Å². The van der Waals surface area contributed by atoms with Gasteiger partial charge < -0.3 is 37.8 Å². The first-order valence-corrected chi connectivity index (χ1v) is 9.07. The van der Waals surface area contributed by atoms with E-state index in [1.165, 1.54) is 11.8 Å². The Kier molecular flexibility index (Phi) is 14.7. The predicted molar refractivity (Wildman–Crippen MR) is 96.8 cm³/mol. The molecule has 0 radical (unpaired) electrons. The molecule has 0 aromatic heterocycles. The van der Waals surface area contributed by atoms with E-state index in [0.717, 1.165) is 0 Å². The number of nitrogens with one attached hydrogen (secondary N) is 1. The molecular weight excluding hydrogens is 384 g/mol. The van der Waals surface area contributed by atoms with Crippen molar-refractivity contribution in [1.82, 2.24) is 5.32 Å². The van der Waals surface area contributed by atoms with Gasteiger partial charge in [0.2, 0.25) is 11.8 Å². The second-order valence-corrected chi connectivity index (χ2v) is 6.25. The average molecular weight is 410 g/mol. The van der Waals surface area contributed by atoms with Crippen molar-refractivity contribution in [2.24, 2.45) is 17.2 Å². The van der Waals surface area contributed by atoms with Crippen LogP contribution in [0.4, 0.5) is 0 Å². The molecule has 12 nitrogen and oxygen atoms in total. The van der Waals surface area contributed by atoms with Crippen molar-refractivity contribution in [2.45, 2.75) is 43.8 Å². The van der Waals surface area contributed by atoms with Crippen LogP contribution in [0.2, 0.25) is 0 Å². The van der Waals surface area contributed by atoms with Gasteiger partial charge in [-0.05, 0) is 19.1 Å². The van der Waals surface area contributed by atoms with Gasteiger partial charge in [-0.15, -0.1) is 0 Å². The molecule has 0 fully saturated rings. The van der Waals surface area contributed by atoms with Gasteiger partial charge in [0.15, 0.2) is 0 Å². The molecule has 156 valence electrons. The van der Waals surface area contributed by atoms with E-state index in [0.29, 0.717) is 5.75 Å². The minimum Gasteiger partial charge on any atom is -0.481 e. The number of carbonyl (C=O) groups excluding carboxylic acids is 2. The maximum atomic E-state index is 11.5. The van der Waals surface area contributed by atoms with Gasteiger partial charge >= 0.3 is 17.9 Å². The Hall–Kier alpha value is -2.38. The van der Waals surface area contributed by atoms with Gasteiger partial charge in [0.25, 0.3) is 0 Å². The number of amides is 2. The number of nitrogens with two attached hydrogens (primary N) is 3. The number of aliphatic carboxylic acids is 3. The number of primary amides is 1. The summed E-state index contributed by atoms with van der Waals surface area (Å²) in [6.07, 6.45) is 1.07. The SMILES string of the molecule is CSC[C@H](N)C(=O)O.NC(=O)CC[C@H](NC(=O)[C@@H](N)CCC(=O)O)C(=O)O. The third kappa shape index (κ3) is 15.6. The van der Waals surface area contributed by atoms with Crippen LogP contribution in [0, 0.1) is 0 Å². The summed E-state index contributed by atoms with van der Waals surface area (Å²) in [6.45, 7) is 0. The first-order valence-electron chi connectivity index (χ1n) is 7.68. The molecule has 0 aliphatic carbocycles. The monoisotopic (exact) mass is 410 g/mol. The molecule has 0 saturated heterocycles. The molecule has 13 heteroatoms. The topological polar surface area (TPSA) is 236 Å². The van der Waals surface area contributed by atoms with Crippen molar-refractivity contribution in [2.75, 3.05) is 12.0 Å². The van der Waals surface area contributed by atoms with Crippen molar-refractivity contribution >= 4 is 41.5 Å². The van der Waals surface area contributed by atoms with Gasteiger partial charge in [-0.3, -0.25) is 19.2 Å². The Bertz CT molecular complexity index is 531. The molecule has 0 spiro atoms. The summed E-state index contributed by atoms with van der Waals surface area (Å²) in [6, 6.07) is -3.10. The lowest BCUT2D eigenvalue weighted by Gasteiger charge is -2.16. The second kappa shape index (κ2) is 14.8. The molecule has 0 heterocycles. The number of thioether (sulfide) groups is 1. The van der Waals surface area contributed by atoms with E-state index in [1.807, 2.05) is 6.26 Å². The highest BCUT2D eigenvalue weighted by Gasteiger charge is 2.23. The highest BCUT2D eigenvalue weighted by molar-refractivity contribution is 7.98. The number of hydrogen-bond acceptors (Lipinski definition) is 8. The van der Waals surface area contributed by atoms with Gasteiger partial charge in [-0.1, -0.05) is 0 Å². The van der Waals surface area contributed by atoms with E-state index in [9.17, 15) is 24.0 Å². The van der Waals surface area contributed by atoms with Gasteiger partial charge in [0.1, 0.15) is 12.1 Å². The second-order valence-electron chi connectivity index (χ2n) is 5.34. The Morgan fingerprint density at radius 3 is 1.81 bits per heavy atom. The highest BCUT2D eigenvalue weighted by Crippen LogP contribution is 2.00. The van der Waals surface area contributed by atoms with E-state index in [4.69, 9.17) is 32.5 Å². The van der Waals surface area contributed by atoms with Crippen LogP contribution in [0.5, 0.6) is 0 Å². The normalized spacial score (nSPS) is 13.3. The summed E-state index contributed by atoms with van der Waals surface area (Å²) in [4.78, 5) is 53.1. The molecule has 0 aliphatic rings. The summed E-state index contributed by atoms with van der Waals surface area (Å²) < 4.78 is 0. The first-order chi connectivity index (χ1) is 12.4. The Morgan fingerprint density at radius 1 is 0.926 bits per heavy atom. The fraction of sp³-hybridized carbons (Fsp3) is 0.643. The molecule has 2 amide bonds. The van der Waals surface area contributed by atoms with Gasteiger partial charge in [-0.2, -0.15) is 11.8 Å². The average Bonchev–Trinajstić information content (AvgIpc) is 2.56. The Labute approximate surface area is 159 Å². The molecule has 0 aromatic rings. The Balaban J connectivity index is 0. The molecule has 3 atom stereocenters. The fourth-order valence-corrected chi connectivity index (χ4v) is 1.99. The summed E-state index contributed by atoms with van der Waals surface area (Å²) in [5, 5.41) is 27.6. The lowest BCUT2D eigenvalue weighted by Crippen LogP contribution is -2.48. The zero-order valence-corrected chi connectivity index (χ0v) is 15.6. The zero-order valence-electron chi connectivity index (χ0n) is 14.8. The van der Waals surface area contributed by atoms with Crippen molar-refractivity contribution in [3.63, 3.8) is 0 Å². The van der Waals surface area contributed by atoms with Crippen LogP contribution < -0.4 is 22.5 Å². The molecular formula is C14H26N4O8S. The number of hydrogen-bond donors (Lipinski definition) is 7. The maximum Gasteiger partial charge on any atom is 0.326 e. The summed E-state index contributed by atoms with van der Waals surface area (Å²) in [5.74, 6) is -4.34. The van der Waals surface area contributed by atoms with Crippen LogP contribution in [-0.2, 0) is 24.0 Å². The number of carbonyl (C=O) groups is 5. The number of rotatable bonds is 12. The molecule has 0 unspecified atom stereocenters. The quantitative estimate of drug-likeness (QED) is 0.182. The molecule has 0 rings (SSSR count). The lowest BCUT2D eigenvalue weighted by molar-refractivity contribution is -0.142. The fourth-order valence-electron chi connectivity index (χ4n) is 1.48. The molecule has 27 heavy (non-hydrogen) atoms. The highest BCUT2D eigenvalue weighted by atomic mass is 32.2. The molecule has 0 bridgehead atoms. The molecule has 10 N–H and O–H groups in total. The van der Waals surface area contributed by atoms with Crippen molar-refractivity contribution in [3.8, 4) is 0 Å². The smallest absolute Gasteiger partial charge is 0.326 e. The first kappa shape index (κ1) is 26.8. The number of carboxylic acid groups (broad SMARTS) is 3. The van der Waals surface area contributed by atoms with E-state index < -0.39 is 47.8 Å². The standard InChI is InChI=1S/C10H17N3O6.C4H9NO2S/c11-5(1-4-8(15)16)9(17)13-6(10(18)19)2-3-7(12)14;1-8-2-3(5)4(6)7/h5-6H,1-4,11H2,(H2,12,14)(H,13,17)(H,15,16)(H,18,19);3H,2,5H2,1H3,(H,6,7)/t5-,6-;3-/m00/s1. The summed E-state index contributed by atoms with van der Waals surface area (Å²) in [5.41, 5.74) is 15.4. The number of carboxylic acids is 3. The lowest BCUT2D eigenvalue weighted by atomic mass is 10.1. The predicted octanol–water partition coefficient (Wildman–Crippen LogP) is -2.23. The molecule has 0 saturated carbocycles. The third-order valence-corrected chi connectivity index (χ3v) is 3.66. The minimum atomic E-state index is -1.32. The van der Waals surface area contributed by atoms with Gasteiger partial charge in [0, 0.05) is 18.6 Å². The van der Waals surface area contributed by atoms with Crippen LogP contribution >= 0.6 is 11.8 Å². The minimum absolute atomic E-state index is 0.108. The van der Waals surface area contributed by atoms with E-state index >= 15 is 0 Å². The van der Waals surface area contributed by atoms with Crippen LogP contribution in [0.3, 0.4) is 0 Å². The summed E-state index contributed by atoms with van der Waals surface area (Å²) in [7, 11) is 0. The van der Waals surface area contributed by atoms with Crippen LogP contribution in [0.25, 0.3) is 0 Å². The molecule has 0 aliphatic heterocycles. The maximum absolute atomic E-state index is 11.5. The molecule has 0 aromatic carbocycles. The van der Waals surface area contributed by atoms with Crippen molar-refractivity contribution < 1.29 is 39.3 Å². The van der Waals surface area contributed by atoms with Crippen LogP contribution in [0.1, 0.15) is 25.7 Å². The largest absolute Gasteiger partial charge is 0.481 e. The zero-order chi connectivity index (χ0) is 21.6. The third-order valence-electron chi connectivity index (χ3n) is 2.96. The van der Waals surface area contributed by atoms with E-state index in [2.05, 4.69) is 5.32 Å². The van der Waals surface area contributed by atoms with Crippen LogP contribution in [0.15, 0.2) is 0 Å². The summed E-state index contributed by atoms with van der Waals surface area (Å²) >= 11 is 1.43. The van der Waals surface area contributed by atoms with Crippen molar-refractivity contribution in [1.29, 1.82) is 0 Å². The van der Waals surface area contributed by atoms with Crippen molar-refractivity contribution in [3.05, 3.63) is 0 Å². The van der Waals surface area contributed by atoms with E-state index in [1.54, 1.807) is 0 Å². The van der Waals surface area contributed by atoms with Gasteiger partial charge in [0.05, 0.1) is 6.04 Å².